The van der Waals surface area contributed by atoms with Crippen LogP contribution in [0.25, 0.3) is 0 Å². The van der Waals surface area contributed by atoms with Crippen LogP contribution < -0.4 is 0 Å². The molecule has 3 heterocycles. The molecule has 3 saturated heterocycles. The summed E-state index contributed by atoms with van der Waals surface area (Å²) in [5, 5.41) is 9.15. The molecule has 0 saturated carbocycles. The van der Waals surface area contributed by atoms with E-state index in [1.165, 1.54) is 151 Å². The Bertz CT molecular complexity index is 360. The molecule has 3 aliphatic rings. The first-order valence-electron chi connectivity index (χ1n) is 13.1. The summed E-state index contributed by atoms with van der Waals surface area (Å²) in [5.74, 6) is 0. The van der Waals surface area contributed by atoms with E-state index in [2.05, 4.69) is 6.92 Å². The van der Waals surface area contributed by atoms with Gasteiger partial charge in [-0.15, -0.1) is 0 Å². The van der Waals surface area contributed by atoms with Crippen LogP contribution >= 0.6 is 0 Å². The van der Waals surface area contributed by atoms with Crippen LogP contribution in [-0.2, 0) is 0 Å². The lowest BCUT2D eigenvalue weighted by Crippen LogP contribution is -2.75. The van der Waals surface area contributed by atoms with E-state index in [0.717, 1.165) is 6.42 Å². The second kappa shape index (κ2) is 14.0. The second-order valence-electron chi connectivity index (χ2n) is 10.1. The maximum atomic E-state index is 9.15. The highest BCUT2D eigenvalue weighted by Crippen LogP contribution is 2.27. The van der Waals surface area contributed by atoms with E-state index in [1.807, 2.05) is 0 Å². The maximum Gasteiger partial charge on any atom is 0.129 e. The van der Waals surface area contributed by atoms with Gasteiger partial charge in [0.05, 0.1) is 13.1 Å². The third kappa shape index (κ3) is 8.71. The topological polar surface area (TPSA) is 20.2 Å². The van der Waals surface area contributed by atoms with E-state index in [1.54, 1.807) is 0 Å². The van der Waals surface area contributed by atoms with Crippen LogP contribution in [-0.4, -0.2) is 73.0 Å². The average Bonchev–Trinajstić information content (AvgIpc) is 2.74. The minimum absolute atomic E-state index is 0.374. The van der Waals surface area contributed by atoms with Crippen LogP contribution in [0.3, 0.4) is 0 Å². The summed E-state index contributed by atoms with van der Waals surface area (Å²) in [6, 6.07) is 0. The van der Waals surface area contributed by atoms with Crippen molar-refractivity contribution in [1.82, 2.24) is 0 Å². The zero-order valence-corrected chi connectivity index (χ0v) is 19.3. The van der Waals surface area contributed by atoms with Crippen LogP contribution in [0.4, 0.5) is 0 Å². The van der Waals surface area contributed by atoms with Gasteiger partial charge in [-0.05, 0) is 12.8 Å². The van der Waals surface area contributed by atoms with Crippen molar-refractivity contribution in [2.24, 2.45) is 0 Å². The first-order valence-corrected chi connectivity index (χ1v) is 13.1. The predicted molar refractivity (Wildman–Crippen MR) is 121 cm³/mol. The largest absolute Gasteiger partial charge is 0.396 e. The van der Waals surface area contributed by atoms with Gasteiger partial charge in [-0.1, -0.05) is 84.0 Å². The molecule has 0 aromatic heterocycles. The zero-order valence-electron chi connectivity index (χ0n) is 19.3. The Morgan fingerprint density at radius 2 is 0.786 bits per heavy atom. The molecular formula is C25H52N2O+2. The molecule has 0 atom stereocenters. The Morgan fingerprint density at radius 1 is 0.464 bits per heavy atom. The predicted octanol–water partition coefficient (Wildman–Crippen LogP) is 5.51. The molecule has 0 aliphatic carbocycles. The average molecular weight is 397 g/mol. The molecule has 28 heavy (non-hydrogen) atoms. The van der Waals surface area contributed by atoms with Gasteiger partial charge < -0.3 is 14.1 Å². The summed E-state index contributed by atoms with van der Waals surface area (Å²) in [6.07, 6.45) is 21.4. The van der Waals surface area contributed by atoms with Crippen molar-refractivity contribution in [2.45, 2.75) is 103 Å². The molecule has 3 fully saturated rings. The first kappa shape index (κ1) is 24.2. The maximum absolute atomic E-state index is 9.15. The Labute approximate surface area is 176 Å². The van der Waals surface area contributed by atoms with Crippen molar-refractivity contribution in [3.05, 3.63) is 0 Å². The minimum atomic E-state index is 0.374. The number of fused-ring (bicyclic) bond motifs is 3. The third-order valence-electron chi connectivity index (χ3n) is 7.92. The van der Waals surface area contributed by atoms with Crippen LogP contribution in [0.5, 0.6) is 0 Å². The van der Waals surface area contributed by atoms with E-state index < -0.39 is 0 Å². The third-order valence-corrected chi connectivity index (χ3v) is 7.92. The summed E-state index contributed by atoms with van der Waals surface area (Å²) in [5.41, 5.74) is 0. The number of quaternary nitrogens is 2. The molecule has 0 aromatic carbocycles. The molecule has 3 aliphatic heterocycles. The number of hydrogen-bond donors (Lipinski definition) is 1. The number of unbranched alkanes of at least 4 members (excludes halogenated alkanes) is 13. The van der Waals surface area contributed by atoms with Gasteiger partial charge in [0.2, 0.25) is 0 Å². The monoisotopic (exact) mass is 396 g/mol. The second-order valence-corrected chi connectivity index (χ2v) is 10.1. The Hall–Kier alpha value is -0.120. The number of rotatable bonds is 18. The summed E-state index contributed by atoms with van der Waals surface area (Å²) < 4.78 is 2.75. The van der Waals surface area contributed by atoms with Crippen molar-refractivity contribution in [2.75, 3.05) is 59.0 Å². The van der Waals surface area contributed by atoms with E-state index in [0.29, 0.717) is 6.61 Å². The summed E-state index contributed by atoms with van der Waals surface area (Å²) in [7, 11) is 0. The van der Waals surface area contributed by atoms with E-state index in [9.17, 15) is 0 Å². The molecule has 3 heteroatoms. The van der Waals surface area contributed by atoms with Crippen LogP contribution in [0.1, 0.15) is 103 Å². The lowest BCUT2D eigenvalue weighted by Gasteiger charge is -2.55. The summed E-state index contributed by atoms with van der Waals surface area (Å²) in [4.78, 5) is 0. The van der Waals surface area contributed by atoms with Crippen molar-refractivity contribution in [3.8, 4) is 0 Å². The number of aliphatic hydroxyl groups is 1. The molecule has 2 bridgehead atoms. The normalized spacial score (nSPS) is 26.8. The van der Waals surface area contributed by atoms with Gasteiger partial charge >= 0.3 is 0 Å². The van der Waals surface area contributed by atoms with Crippen molar-refractivity contribution in [1.29, 1.82) is 0 Å². The van der Waals surface area contributed by atoms with Crippen LogP contribution in [0.2, 0.25) is 0 Å². The van der Waals surface area contributed by atoms with Crippen molar-refractivity contribution < 1.29 is 14.1 Å². The number of aliphatic hydroxyl groups excluding tert-OH is 1. The Balaban J connectivity index is 1.38. The van der Waals surface area contributed by atoms with Crippen molar-refractivity contribution in [3.63, 3.8) is 0 Å². The van der Waals surface area contributed by atoms with Crippen LogP contribution in [0.15, 0.2) is 0 Å². The molecule has 0 unspecified atom stereocenters. The van der Waals surface area contributed by atoms with Gasteiger partial charge in [0.25, 0.3) is 0 Å². The first-order chi connectivity index (χ1) is 13.7. The fourth-order valence-electron chi connectivity index (χ4n) is 5.66. The zero-order chi connectivity index (χ0) is 20.0. The smallest absolute Gasteiger partial charge is 0.129 e. The Morgan fingerprint density at radius 3 is 1.14 bits per heavy atom. The minimum Gasteiger partial charge on any atom is -0.396 e. The van der Waals surface area contributed by atoms with E-state index >= 15 is 0 Å². The highest BCUT2D eigenvalue weighted by atomic mass is 16.3. The van der Waals surface area contributed by atoms with E-state index in [-0.39, 0.29) is 0 Å². The summed E-state index contributed by atoms with van der Waals surface area (Å²) >= 11 is 0. The fourth-order valence-corrected chi connectivity index (χ4v) is 5.66. The summed E-state index contributed by atoms with van der Waals surface area (Å²) in [6.45, 7) is 13.7. The highest BCUT2D eigenvalue weighted by Gasteiger charge is 2.47. The quantitative estimate of drug-likeness (QED) is 0.239. The highest BCUT2D eigenvalue weighted by molar-refractivity contribution is 4.63. The lowest BCUT2D eigenvalue weighted by atomic mass is 10.0. The van der Waals surface area contributed by atoms with E-state index in [4.69, 9.17) is 5.11 Å². The number of piperazine rings is 3. The van der Waals surface area contributed by atoms with Gasteiger partial charge in [0.15, 0.2) is 0 Å². The van der Waals surface area contributed by atoms with Gasteiger partial charge in [0, 0.05) is 13.0 Å². The van der Waals surface area contributed by atoms with Gasteiger partial charge in [-0.25, -0.2) is 0 Å². The molecular weight excluding hydrogens is 344 g/mol. The molecule has 1 N–H and O–H groups in total. The number of hydrogen-bond acceptors (Lipinski definition) is 1. The molecule has 0 amide bonds. The number of nitrogens with zero attached hydrogens (tertiary/aromatic N) is 2. The lowest BCUT2D eigenvalue weighted by molar-refractivity contribution is -1.08. The van der Waals surface area contributed by atoms with Gasteiger partial charge in [-0.3, -0.25) is 0 Å². The van der Waals surface area contributed by atoms with Gasteiger partial charge in [0.1, 0.15) is 39.3 Å². The fraction of sp³-hybridized carbons (Fsp3) is 1.00. The molecule has 0 aromatic rings. The molecule has 0 spiro atoms. The SMILES string of the molecule is CCCCCCCCCCCCCCCC[N+]12CC[N+](CCCO)(CC1)CC2. The molecule has 166 valence electrons. The van der Waals surface area contributed by atoms with Crippen molar-refractivity contribution >= 4 is 0 Å². The van der Waals surface area contributed by atoms with Gasteiger partial charge in [-0.2, -0.15) is 0 Å². The standard InChI is InChI=1S/C25H52N2O/c1-2-3-4-5-6-7-8-9-10-11-12-13-14-15-17-26-19-22-27(23-20-26,24-21-26)18-16-25-28/h28H,2-25H2,1H3/q+2. The van der Waals surface area contributed by atoms with Crippen LogP contribution in [0, 0.1) is 0 Å². The molecule has 3 rings (SSSR count). The molecule has 3 nitrogen and oxygen atoms in total. The molecule has 0 radical (unpaired) electrons. The Kier molecular flexibility index (Phi) is 12.1.